The van der Waals surface area contributed by atoms with E-state index in [4.69, 9.17) is 8.23 Å². The third-order valence-corrected chi connectivity index (χ3v) is 7.25. The molecule has 0 aromatic heterocycles. The van der Waals surface area contributed by atoms with Gasteiger partial charge in [-0.15, -0.1) is 0 Å². The Bertz CT molecular complexity index is 103. The Morgan fingerprint density at radius 1 is 0.800 bits per heavy atom. The zero-order valence-electron chi connectivity index (χ0n) is 10.6. The van der Waals surface area contributed by atoms with Crippen molar-refractivity contribution in [2.24, 2.45) is 0 Å². The highest BCUT2D eigenvalue weighted by atomic mass is 28.4. The summed E-state index contributed by atoms with van der Waals surface area (Å²) in [7, 11) is -0.894. The molecule has 0 aliphatic rings. The SMILES string of the molecule is CCCCCCCC[SiH2]O[SiH2]O[SiH2]CC. The van der Waals surface area contributed by atoms with Crippen molar-refractivity contribution in [3.05, 3.63) is 0 Å². The fourth-order valence-corrected chi connectivity index (χ4v) is 6.49. The van der Waals surface area contributed by atoms with E-state index in [1.54, 1.807) is 0 Å². The van der Waals surface area contributed by atoms with Gasteiger partial charge in [-0.05, 0) is 12.1 Å². The van der Waals surface area contributed by atoms with Crippen molar-refractivity contribution in [1.29, 1.82) is 0 Å². The van der Waals surface area contributed by atoms with E-state index in [0.717, 1.165) is 0 Å². The maximum absolute atomic E-state index is 5.65. The molecule has 0 N–H and O–H groups in total. The Hall–Kier alpha value is 0.571. The van der Waals surface area contributed by atoms with E-state index in [1.165, 1.54) is 50.6 Å². The summed E-state index contributed by atoms with van der Waals surface area (Å²) in [6.07, 6.45) is 8.44. The van der Waals surface area contributed by atoms with E-state index in [2.05, 4.69) is 13.8 Å². The molecule has 0 fully saturated rings. The average Bonchev–Trinajstić information content (AvgIpc) is 2.26. The van der Waals surface area contributed by atoms with Crippen molar-refractivity contribution < 1.29 is 8.23 Å². The molecule has 0 unspecified atom stereocenters. The Kier molecular flexibility index (Phi) is 15.1. The van der Waals surface area contributed by atoms with Crippen LogP contribution in [0.5, 0.6) is 0 Å². The summed E-state index contributed by atoms with van der Waals surface area (Å²) in [6, 6.07) is 2.63. The van der Waals surface area contributed by atoms with Gasteiger partial charge in [-0.25, -0.2) is 0 Å². The Morgan fingerprint density at radius 2 is 1.47 bits per heavy atom. The highest BCUT2D eigenvalue weighted by Gasteiger charge is 1.93. The minimum Gasteiger partial charge on any atom is -0.446 e. The van der Waals surface area contributed by atoms with Crippen molar-refractivity contribution in [3.63, 3.8) is 0 Å². The van der Waals surface area contributed by atoms with Gasteiger partial charge in [0.15, 0.2) is 0 Å². The van der Waals surface area contributed by atoms with Crippen LogP contribution in [0.2, 0.25) is 12.1 Å². The molecule has 15 heavy (non-hydrogen) atoms. The van der Waals surface area contributed by atoms with Crippen LogP contribution < -0.4 is 0 Å². The van der Waals surface area contributed by atoms with Gasteiger partial charge in [-0.1, -0.05) is 52.4 Å². The predicted octanol–water partition coefficient (Wildman–Crippen LogP) is 1.40. The third kappa shape index (κ3) is 14.6. The second-order valence-electron chi connectivity index (χ2n) is 4.06. The Labute approximate surface area is 102 Å². The standard InChI is InChI=1S/C10H28O2Si3/c1-3-5-6-7-8-9-10-14-12-15-11-13-4-2/h3-10,13-15H2,1-2H3. The first-order valence-electron chi connectivity index (χ1n) is 6.57. The highest BCUT2D eigenvalue weighted by molar-refractivity contribution is 6.45. The molecule has 0 saturated carbocycles. The van der Waals surface area contributed by atoms with Crippen LogP contribution in [0.4, 0.5) is 0 Å². The molecule has 0 bridgehead atoms. The molecule has 5 heteroatoms. The molecule has 0 radical (unpaired) electrons. The molecular formula is C10H28O2Si3. The van der Waals surface area contributed by atoms with Gasteiger partial charge in [0.1, 0.15) is 19.5 Å². The van der Waals surface area contributed by atoms with Crippen LogP contribution in [0.25, 0.3) is 0 Å². The smallest absolute Gasteiger partial charge is 0.283 e. The zero-order valence-corrected chi connectivity index (χ0v) is 14.8. The summed E-state index contributed by atoms with van der Waals surface area (Å²) in [5, 5.41) is 0. The van der Waals surface area contributed by atoms with Gasteiger partial charge < -0.3 is 8.23 Å². The summed E-state index contributed by atoms with van der Waals surface area (Å²) in [4.78, 5) is 0. The fourth-order valence-electron chi connectivity index (χ4n) is 1.48. The van der Waals surface area contributed by atoms with Crippen LogP contribution >= 0.6 is 0 Å². The lowest BCUT2D eigenvalue weighted by Gasteiger charge is -2.04. The van der Waals surface area contributed by atoms with Crippen molar-refractivity contribution in [1.82, 2.24) is 0 Å². The van der Waals surface area contributed by atoms with Crippen LogP contribution in [0, 0.1) is 0 Å². The van der Waals surface area contributed by atoms with E-state index in [9.17, 15) is 0 Å². The Balaban J connectivity index is 2.81. The monoisotopic (exact) mass is 264 g/mol. The number of rotatable bonds is 12. The molecule has 0 aliphatic heterocycles. The zero-order chi connectivity index (χ0) is 11.2. The van der Waals surface area contributed by atoms with Gasteiger partial charge in [0.25, 0.3) is 10.0 Å². The van der Waals surface area contributed by atoms with Gasteiger partial charge in [-0.3, -0.25) is 0 Å². The van der Waals surface area contributed by atoms with Crippen LogP contribution in [0.15, 0.2) is 0 Å². The first kappa shape index (κ1) is 15.6. The average molecular weight is 265 g/mol. The van der Waals surface area contributed by atoms with Crippen molar-refractivity contribution in [2.75, 3.05) is 0 Å². The van der Waals surface area contributed by atoms with Gasteiger partial charge in [0.05, 0.1) is 0 Å². The van der Waals surface area contributed by atoms with E-state index < -0.39 is 10.0 Å². The van der Waals surface area contributed by atoms with E-state index >= 15 is 0 Å². The van der Waals surface area contributed by atoms with Gasteiger partial charge in [0, 0.05) is 0 Å². The highest BCUT2D eigenvalue weighted by Crippen LogP contribution is 2.06. The van der Waals surface area contributed by atoms with E-state index in [-0.39, 0.29) is 19.5 Å². The lowest BCUT2D eigenvalue weighted by Crippen LogP contribution is -2.10. The summed E-state index contributed by atoms with van der Waals surface area (Å²) >= 11 is 0. The quantitative estimate of drug-likeness (QED) is 0.392. The normalized spacial score (nSPS) is 13.2. The largest absolute Gasteiger partial charge is 0.446 e. The molecule has 2 nitrogen and oxygen atoms in total. The van der Waals surface area contributed by atoms with Crippen molar-refractivity contribution in [3.8, 4) is 0 Å². The first-order valence-corrected chi connectivity index (χ1v) is 10.9. The van der Waals surface area contributed by atoms with Crippen LogP contribution in [0.1, 0.15) is 52.4 Å². The predicted molar refractivity (Wildman–Crippen MR) is 76.5 cm³/mol. The molecule has 92 valence electrons. The summed E-state index contributed by atoms with van der Waals surface area (Å²) in [5.74, 6) is 0. The molecule has 0 spiro atoms. The second-order valence-corrected chi connectivity index (χ2v) is 10.1. The van der Waals surface area contributed by atoms with Crippen molar-refractivity contribution >= 4 is 29.5 Å². The van der Waals surface area contributed by atoms with Crippen LogP contribution in [-0.2, 0) is 8.23 Å². The topological polar surface area (TPSA) is 18.5 Å². The lowest BCUT2D eigenvalue weighted by atomic mass is 10.1. The Morgan fingerprint density at radius 3 is 2.20 bits per heavy atom. The minimum atomic E-state index is -0.524. The molecular weight excluding hydrogens is 236 g/mol. The van der Waals surface area contributed by atoms with Crippen molar-refractivity contribution in [2.45, 2.75) is 64.5 Å². The molecule has 0 rings (SSSR count). The summed E-state index contributed by atoms with van der Waals surface area (Å²) in [5.41, 5.74) is 0. The van der Waals surface area contributed by atoms with Gasteiger partial charge in [0.2, 0.25) is 0 Å². The molecule has 0 heterocycles. The minimum absolute atomic E-state index is 0.173. The summed E-state index contributed by atoms with van der Waals surface area (Å²) < 4.78 is 11.2. The van der Waals surface area contributed by atoms with Crippen LogP contribution in [0.3, 0.4) is 0 Å². The molecule has 0 aromatic carbocycles. The maximum Gasteiger partial charge on any atom is 0.283 e. The molecule has 0 saturated heterocycles. The van der Waals surface area contributed by atoms with Gasteiger partial charge in [-0.2, -0.15) is 0 Å². The van der Waals surface area contributed by atoms with E-state index in [1.807, 2.05) is 0 Å². The number of hydrogen-bond acceptors (Lipinski definition) is 2. The third-order valence-electron chi connectivity index (χ3n) is 2.41. The first-order chi connectivity index (χ1) is 7.41. The number of unbranched alkanes of at least 4 members (excludes halogenated alkanes) is 5. The van der Waals surface area contributed by atoms with Gasteiger partial charge >= 0.3 is 0 Å². The fraction of sp³-hybridized carbons (Fsp3) is 1.00. The molecule has 0 amide bonds. The molecule has 0 aliphatic carbocycles. The second kappa shape index (κ2) is 14.6. The summed E-state index contributed by atoms with van der Waals surface area (Å²) in [6.45, 7) is 4.47. The number of hydrogen-bond donors (Lipinski definition) is 0. The molecule has 0 atom stereocenters. The lowest BCUT2D eigenvalue weighted by molar-refractivity contribution is 0.489. The van der Waals surface area contributed by atoms with Crippen LogP contribution in [-0.4, -0.2) is 29.5 Å². The van der Waals surface area contributed by atoms with E-state index in [0.29, 0.717) is 0 Å². The maximum atomic E-state index is 5.65. The molecule has 0 aromatic rings.